The van der Waals surface area contributed by atoms with Crippen molar-refractivity contribution in [2.24, 2.45) is 0 Å². The Morgan fingerprint density at radius 3 is 2.64 bits per heavy atom. The van der Waals surface area contributed by atoms with Crippen molar-refractivity contribution >= 4 is 11.9 Å². The standard InChI is InChI=1S/C7H12N2O2/c1-3-5(2)9-4-6(10)8-7(9)11/h5H,3-4H2,1-2H3,(H,8,10,11)/t5-/m1/s1. The van der Waals surface area contributed by atoms with Gasteiger partial charge in [0.1, 0.15) is 6.54 Å². The second-order valence-electron chi connectivity index (χ2n) is 2.74. The van der Waals surface area contributed by atoms with E-state index in [1.807, 2.05) is 13.8 Å². The number of amides is 3. The number of urea groups is 1. The van der Waals surface area contributed by atoms with Crippen LogP contribution in [0.4, 0.5) is 4.79 Å². The minimum absolute atomic E-state index is 0.154. The molecular formula is C7H12N2O2. The van der Waals surface area contributed by atoms with Crippen LogP contribution in [0.1, 0.15) is 20.3 Å². The Labute approximate surface area is 65.6 Å². The molecule has 0 unspecified atom stereocenters. The molecule has 1 aliphatic rings. The number of carbonyl (C=O) groups excluding carboxylic acids is 2. The van der Waals surface area contributed by atoms with Crippen LogP contribution < -0.4 is 5.32 Å². The van der Waals surface area contributed by atoms with E-state index in [4.69, 9.17) is 0 Å². The normalized spacial score (nSPS) is 20.4. The highest BCUT2D eigenvalue weighted by Gasteiger charge is 2.29. The van der Waals surface area contributed by atoms with Gasteiger partial charge in [-0.15, -0.1) is 0 Å². The van der Waals surface area contributed by atoms with E-state index in [0.29, 0.717) is 0 Å². The van der Waals surface area contributed by atoms with Crippen molar-refractivity contribution in [1.82, 2.24) is 10.2 Å². The molecule has 1 atom stereocenters. The predicted octanol–water partition coefficient (Wildman–Crippen LogP) is 0.337. The van der Waals surface area contributed by atoms with Crippen molar-refractivity contribution in [1.29, 1.82) is 0 Å². The first-order valence-electron chi connectivity index (χ1n) is 3.75. The first-order valence-corrected chi connectivity index (χ1v) is 3.75. The summed E-state index contributed by atoms with van der Waals surface area (Å²) in [7, 11) is 0. The van der Waals surface area contributed by atoms with E-state index in [1.165, 1.54) is 0 Å². The highest BCUT2D eigenvalue weighted by Crippen LogP contribution is 2.06. The zero-order valence-electron chi connectivity index (χ0n) is 6.76. The lowest BCUT2D eigenvalue weighted by molar-refractivity contribution is -0.118. The fourth-order valence-electron chi connectivity index (χ4n) is 1.03. The van der Waals surface area contributed by atoms with Crippen LogP contribution >= 0.6 is 0 Å². The van der Waals surface area contributed by atoms with Crippen LogP contribution in [0.3, 0.4) is 0 Å². The summed E-state index contributed by atoms with van der Waals surface area (Å²) in [6, 6.07) is -0.106. The molecule has 4 nitrogen and oxygen atoms in total. The van der Waals surface area contributed by atoms with Gasteiger partial charge in [0.25, 0.3) is 0 Å². The molecule has 1 heterocycles. The van der Waals surface area contributed by atoms with Crippen molar-refractivity contribution < 1.29 is 9.59 Å². The predicted molar refractivity (Wildman–Crippen MR) is 40.0 cm³/mol. The van der Waals surface area contributed by atoms with Crippen molar-refractivity contribution in [2.45, 2.75) is 26.3 Å². The number of nitrogens with one attached hydrogen (secondary N) is 1. The molecule has 0 spiro atoms. The van der Waals surface area contributed by atoms with E-state index in [9.17, 15) is 9.59 Å². The first-order chi connectivity index (χ1) is 5.15. The Balaban J connectivity index is 2.59. The Hall–Kier alpha value is -1.06. The Kier molecular flexibility index (Phi) is 2.12. The van der Waals surface area contributed by atoms with Gasteiger partial charge in [-0.3, -0.25) is 10.1 Å². The Bertz CT molecular complexity index is 191. The van der Waals surface area contributed by atoms with E-state index in [1.54, 1.807) is 4.90 Å². The van der Waals surface area contributed by atoms with Crippen molar-refractivity contribution in [3.63, 3.8) is 0 Å². The topological polar surface area (TPSA) is 49.4 Å². The smallest absolute Gasteiger partial charge is 0.312 e. The van der Waals surface area contributed by atoms with Crippen LogP contribution in [0.25, 0.3) is 0 Å². The molecule has 1 rings (SSSR count). The minimum atomic E-state index is -0.260. The molecule has 0 saturated carbocycles. The number of rotatable bonds is 2. The van der Waals surface area contributed by atoms with Crippen LogP contribution in [0, 0.1) is 0 Å². The van der Waals surface area contributed by atoms with E-state index >= 15 is 0 Å². The van der Waals surface area contributed by atoms with Gasteiger partial charge in [0.05, 0.1) is 0 Å². The lowest BCUT2D eigenvalue weighted by Gasteiger charge is -2.19. The van der Waals surface area contributed by atoms with Gasteiger partial charge in [-0.05, 0) is 13.3 Å². The second kappa shape index (κ2) is 2.90. The van der Waals surface area contributed by atoms with E-state index < -0.39 is 0 Å². The molecule has 4 heteroatoms. The average molecular weight is 156 g/mol. The molecule has 11 heavy (non-hydrogen) atoms. The number of imide groups is 1. The number of carbonyl (C=O) groups is 2. The van der Waals surface area contributed by atoms with Gasteiger partial charge in [-0.2, -0.15) is 0 Å². The number of hydrogen-bond acceptors (Lipinski definition) is 2. The highest BCUT2D eigenvalue weighted by molar-refractivity contribution is 6.02. The lowest BCUT2D eigenvalue weighted by Crippen LogP contribution is -2.35. The molecule has 62 valence electrons. The molecule has 1 fully saturated rings. The van der Waals surface area contributed by atoms with Crippen LogP contribution in [0.5, 0.6) is 0 Å². The summed E-state index contributed by atoms with van der Waals surface area (Å²) in [4.78, 5) is 23.2. The maximum Gasteiger partial charge on any atom is 0.324 e. The van der Waals surface area contributed by atoms with Crippen LogP contribution in [-0.2, 0) is 4.79 Å². The summed E-state index contributed by atoms with van der Waals surface area (Å²) in [5.74, 6) is -0.199. The first kappa shape index (κ1) is 8.04. The molecule has 0 aromatic rings. The lowest BCUT2D eigenvalue weighted by atomic mass is 10.2. The second-order valence-corrected chi connectivity index (χ2v) is 2.74. The molecule has 0 aromatic heterocycles. The Morgan fingerprint density at radius 2 is 2.27 bits per heavy atom. The largest absolute Gasteiger partial charge is 0.324 e. The van der Waals surface area contributed by atoms with E-state index in [2.05, 4.69) is 5.32 Å². The number of nitrogens with zero attached hydrogens (tertiary/aromatic N) is 1. The molecule has 0 radical (unpaired) electrons. The zero-order valence-corrected chi connectivity index (χ0v) is 6.76. The molecule has 0 bridgehead atoms. The molecule has 0 aliphatic carbocycles. The van der Waals surface area contributed by atoms with Crippen LogP contribution in [-0.4, -0.2) is 29.4 Å². The SMILES string of the molecule is CC[C@@H](C)N1CC(=O)NC1=O. The van der Waals surface area contributed by atoms with Gasteiger partial charge < -0.3 is 4.90 Å². The quantitative estimate of drug-likeness (QED) is 0.586. The highest BCUT2D eigenvalue weighted by atomic mass is 16.2. The van der Waals surface area contributed by atoms with Gasteiger partial charge in [-0.1, -0.05) is 6.92 Å². The molecule has 1 saturated heterocycles. The summed E-state index contributed by atoms with van der Waals surface area (Å²) in [6.45, 7) is 4.13. The van der Waals surface area contributed by atoms with Gasteiger partial charge in [0.15, 0.2) is 0 Å². The summed E-state index contributed by atoms with van der Waals surface area (Å²) >= 11 is 0. The molecular weight excluding hydrogens is 144 g/mol. The van der Waals surface area contributed by atoms with Gasteiger partial charge in [0, 0.05) is 6.04 Å². The molecule has 3 amide bonds. The van der Waals surface area contributed by atoms with Crippen molar-refractivity contribution in [3.05, 3.63) is 0 Å². The fraction of sp³-hybridized carbons (Fsp3) is 0.714. The maximum atomic E-state index is 11.0. The summed E-state index contributed by atoms with van der Waals surface area (Å²) in [6.07, 6.45) is 0.876. The van der Waals surface area contributed by atoms with Crippen LogP contribution in [0.15, 0.2) is 0 Å². The summed E-state index contributed by atoms with van der Waals surface area (Å²) in [5.41, 5.74) is 0. The summed E-state index contributed by atoms with van der Waals surface area (Å²) < 4.78 is 0. The Morgan fingerprint density at radius 1 is 1.64 bits per heavy atom. The monoisotopic (exact) mass is 156 g/mol. The van der Waals surface area contributed by atoms with E-state index in [0.717, 1.165) is 6.42 Å². The third kappa shape index (κ3) is 1.50. The molecule has 0 aromatic carbocycles. The van der Waals surface area contributed by atoms with Gasteiger partial charge in [0.2, 0.25) is 5.91 Å². The van der Waals surface area contributed by atoms with Crippen LogP contribution in [0.2, 0.25) is 0 Å². The zero-order chi connectivity index (χ0) is 8.43. The van der Waals surface area contributed by atoms with Gasteiger partial charge >= 0.3 is 6.03 Å². The minimum Gasteiger partial charge on any atom is -0.312 e. The van der Waals surface area contributed by atoms with Crippen molar-refractivity contribution in [3.8, 4) is 0 Å². The average Bonchev–Trinajstić information content (AvgIpc) is 2.28. The summed E-state index contributed by atoms with van der Waals surface area (Å²) in [5, 5.41) is 2.23. The molecule has 1 aliphatic heterocycles. The van der Waals surface area contributed by atoms with E-state index in [-0.39, 0.29) is 24.5 Å². The fourth-order valence-corrected chi connectivity index (χ4v) is 1.03. The van der Waals surface area contributed by atoms with Gasteiger partial charge in [-0.25, -0.2) is 4.79 Å². The molecule has 1 N–H and O–H groups in total. The third-order valence-electron chi connectivity index (χ3n) is 1.94. The third-order valence-corrected chi connectivity index (χ3v) is 1.94. The number of hydrogen-bond donors (Lipinski definition) is 1. The van der Waals surface area contributed by atoms with Crippen molar-refractivity contribution in [2.75, 3.05) is 6.54 Å². The maximum absolute atomic E-state index is 11.0.